The van der Waals surface area contributed by atoms with E-state index in [-0.39, 0.29) is 5.91 Å². The number of amides is 1. The highest BCUT2D eigenvalue weighted by Gasteiger charge is 2.14. The second-order valence-electron chi connectivity index (χ2n) is 5.56. The van der Waals surface area contributed by atoms with Gasteiger partial charge in [0, 0.05) is 51.3 Å². The number of benzene rings is 1. The van der Waals surface area contributed by atoms with Crippen LogP contribution in [0, 0.1) is 0 Å². The summed E-state index contributed by atoms with van der Waals surface area (Å²) in [6.45, 7) is 6.96. The quantitative estimate of drug-likeness (QED) is 0.847. The van der Waals surface area contributed by atoms with Crippen LogP contribution in [0.5, 0.6) is 11.5 Å². The summed E-state index contributed by atoms with van der Waals surface area (Å²) in [7, 11) is 0. The number of hydrogen-bond donors (Lipinski definition) is 2. The Morgan fingerprint density at radius 3 is 2.77 bits per heavy atom. The average molecular weight is 305 g/mol. The Bertz CT molecular complexity index is 515. The molecule has 3 rings (SSSR count). The summed E-state index contributed by atoms with van der Waals surface area (Å²) in [6.07, 6.45) is 0.862. The SMILES string of the molecule is O=C(NCCN1CCNCC1)c1ccc2c(c1)OCCCO2. The minimum absolute atomic E-state index is 0.0641. The van der Waals surface area contributed by atoms with Gasteiger partial charge in [0.05, 0.1) is 13.2 Å². The van der Waals surface area contributed by atoms with Crippen molar-refractivity contribution in [2.45, 2.75) is 6.42 Å². The zero-order valence-electron chi connectivity index (χ0n) is 12.8. The van der Waals surface area contributed by atoms with E-state index in [4.69, 9.17) is 9.47 Å². The van der Waals surface area contributed by atoms with Crippen LogP contribution >= 0.6 is 0 Å². The van der Waals surface area contributed by atoms with Gasteiger partial charge >= 0.3 is 0 Å². The third kappa shape index (κ3) is 3.90. The number of hydrogen-bond acceptors (Lipinski definition) is 5. The van der Waals surface area contributed by atoms with Gasteiger partial charge in [0.2, 0.25) is 0 Å². The standard InChI is InChI=1S/C16H23N3O3/c20-16(18-6-9-19-7-4-17-5-8-19)13-2-3-14-15(12-13)22-11-1-10-21-14/h2-3,12,17H,1,4-11H2,(H,18,20). The van der Waals surface area contributed by atoms with Gasteiger partial charge in [-0.15, -0.1) is 0 Å². The third-order valence-corrected chi connectivity index (χ3v) is 3.93. The summed E-state index contributed by atoms with van der Waals surface area (Å²) in [5.41, 5.74) is 0.615. The first-order valence-electron chi connectivity index (χ1n) is 7.94. The molecule has 2 N–H and O–H groups in total. The minimum atomic E-state index is -0.0641. The monoisotopic (exact) mass is 305 g/mol. The first-order chi connectivity index (χ1) is 10.8. The molecular weight excluding hydrogens is 282 g/mol. The maximum absolute atomic E-state index is 12.2. The number of nitrogens with one attached hydrogen (secondary N) is 2. The molecule has 1 amide bonds. The van der Waals surface area contributed by atoms with Crippen LogP contribution in [-0.4, -0.2) is 63.3 Å². The topological polar surface area (TPSA) is 62.8 Å². The average Bonchev–Trinajstić information content (AvgIpc) is 2.80. The van der Waals surface area contributed by atoms with E-state index in [2.05, 4.69) is 15.5 Å². The Morgan fingerprint density at radius 1 is 1.18 bits per heavy atom. The molecule has 0 radical (unpaired) electrons. The van der Waals surface area contributed by atoms with Gasteiger partial charge in [0.15, 0.2) is 11.5 Å². The van der Waals surface area contributed by atoms with Crippen LogP contribution in [0.4, 0.5) is 0 Å². The smallest absolute Gasteiger partial charge is 0.251 e. The van der Waals surface area contributed by atoms with E-state index in [1.54, 1.807) is 12.1 Å². The fraction of sp³-hybridized carbons (Fsp3) is 0.562. The first kappa shape index (κ1) is 15.1. The Morgan fingerprint density at radius 2 is 1.95 bits per heavy atom. The van der Waals surface area contributed by atoms with E-state index in [1.807, 2.05) is 6.07 Å². The predicted octanol–water partition coefficient (Wildman–Crippen LogP) is 0.483. The van der Waals surface area contributed by atoms with E-state index in [9.17, 15) is 4.79 Å². The van der Waals surface area contributed by atoms with Crippen molar-refractivity contribution in [3.8, 4) is 11.5 Å². The highest BCUT2D eigenvalue weighted by Crippen LogP contribution is 2.30. The fourth-order valence-electron chi connectivity index (χ4n) is 2.67. The molecule has 2 heterocycles. The predicted molar refractivity (Wildman–Crippen MR) is 83.7 cm³/mol. The highest BCUT2D eigenvalue weighted by molar-refractivity contribution is 5.94. The summed E-state index contributed by atoms with van der Waals surface area (Å²) in [5.74, 6) is 1.31. The molecule has 1 aromatic carbocycles. The van der Waals surface area contributed by atoms with Gasteiger partial charge in [-0.1, -0.05) is 0 Å². The van der Waals surface area contributed by atoms with Crippen LogP contribution in [0.2, 0.25) is 0 Å². The van der Waals surface area contributed by atoms with Gasteiger partial charge in [-0.2, -0.15) is 0 Å². The normalized spacial score (nSPS) is 18.5. The maximum Gasteiger partial charge on any atom is 0.251 e. The Hall–Kier alpha value is -1.79. The highest BCUT2D eigenvalue weighted by atomic mass is 16.5. The van der Waals surface area contributed by atoms with Crippen LogP contribution < -0.4 is 20.1 Å². The first-order valence-corrected chi connectivity index (χ1v) is 7.94. The Labute approximate surface area is 130 Å². The van der Waals surface area contributed by atoms with Crippen LogP contribution in [0.3, 0.4) is 0 Å². The lowest BCUT2D eigenvalue weighted by atomic mass is 10.2. The minimum Gasteiger partial charge on any atom is -0.490 e. The molecule has 0 spiro atoms. The largest absolute Gasteiger partial charge is 0.490 e. The van der Waals surface area contributed by atoms with Crippen molar-refractivity contribution < 1.29 is 14.3 Å². The van der Waals surface area contributed by atoms with E-state index in [0.717, 1.165) is 44.9 Å². The number of carbonyl (C=O) groups excluding carboxylic acids is 1. The van der Waals surface area contributed by atoms with Crippen molar-refractivity contribution in [2.75, 3.05) is 52.5 Å². The van der Waals surface area contributed by atoms with E-state index in [0.29, 0.717) is 31.1 Å². The summed E-state index contributed by atoms with van der Waals surface area (Å²) in [4.78, 5) is 14.6. The maximum atomic E-state index is 12.2. The van der Waals surface area contributed by atoms with Crippen molar-refractivity contribution in [1.29, 1.82) is 0 Å². The van der Waals surface area contributed by atoms with Crippen LogP contribution in [0.15, 0.2) is 18.2 Å². The molecule has 1 fully saturated rings. The second kappa shape index (κ2) is 7.47. The van der Waals surface area contributed by atoms with Gasteiger partial charge in [-0.3, -0.25) is 9.69 Å². The fourth-order valence-corrected chi connectivity index (χ4v) is 2.67. The lowest BCUT2D eigenvalue weighted by Crippen LogP contribution is -2.46. The summed E-state index contributed by atoms with van der Waals surface area (Å²) < 4.78 is 11.2. The molecule has 0 atom stereocenters. The van der Waals surface area contributed by atoms with Gasteiger partial charge in [-0.25, -0.2) is 0 Å². The number of ether oxygens (including phenoxy) is 2. The lowest BCUT2D eigenvalue weighted by molar-refractivity contribution is 0.0947. The molecule has 0 aliphatic carbocycles. The number of fused-ring (bicyclic) bond motifs is 1. The molecule has 0 saturated carbocycles. The lowest BCUT2D eigenvalue weighted by Gasteiger charge is -2.27. The van der Waals surface area contributed by atoms with Crippen molar-refractivity contribution in [1.82, 2.24) is 15.5 Å². The third-order valence-electron chi connectivity index (χ3n) is 3.93. The van der Waals surface area contributed by atoms with E-state index >= 15 is 0 Å². The molecule has 1 aromatic rings. The molecule has 0 unspecified atom stereocenters. The van der Waals surface area contributed by atoms with Crippen molar-refractivity contribution in [2.24, 2.45) is 0 Å². The van der Waals surface area contributed by atoms with E-state index in [1.165, 1.54) is 0 Å². The molecule has 22 heavy (non-hydrogen) atoms. The van der Waals surface area contributed by atoms with Crippen molar-refractivity contribution in [3.05, 3.63) is 23.8 Å². The Kier molecular flexibility index (Phi) is 5.13. The number of piperazine rings is 1. The van der Waals surface area contributed by atoms with Gasteiger partial charge in [0.25, 0.3) is 5.91 Å². The molecule has 1 saturated heterocycles. The summed E-state index contributed by atoms with van der Waals surface area (Å²) in [6, 6.07) is 5.36. The molecule has 120 valence electrons. The van der Waals surface area contributed by atoms with Crippen molar-refractivity contribution in [3.63, 3.8) is 0 Å². The molecule has 0 aromatic heterocycles. The van der Waals surface area contributed by atoms with Gasteiger partial charge < -0.3 is 20.1 Å². The van der Waals surface area contributed by atoms with Crippen LogP contribution in [0.1, 0.15) is 16.8 Å². The molecular formula is C16H23N3O3. The number of nitrogens with zero attached hydrogens (tertiary/aromatic N) is 1. The zero-order chi connectivity index (χ0) is 15.2. The van der Waals surface area contributed by atoms with E-state index < -0.39 is 0 Å². The summed E-state index contributed by atoms with van der Waals surface area (Å²) >= 11 is 0. The molecule has 0 bridgehead atoms. The molecule has 2 aliphatic heterocycles. The molecule has 6 nitrogen and oxygen atoms in total. The van der Waals surface area contributed by atoms with Crippen LogP contribution in [-0.2, 0) is 0 Å². The number of rotatable bonds is 4. The Balaban J connectivity index is 1.52. The van der Waals surface area contributed by atoms with Gasteiger partial charge in [0.1, 0.15) is 0 Å². The second-order valence-corrected chi connectivity index (χ2v) is 5.56. The summed E-state index contributed by atoms with van der Waals surface area (Å²) in [5, 5.41) is 6.29. The van der Waals surface area contributed by atoms with Crippen molar-refractivity contribution >= 4 is 5.91 Å². The molecule has 2 aliphatic rings. The van der Waals surface area contributed by atoms with Crippen LogP contribution in [0.25, 0.3) is 0 Å². The van der Waals surface area contributed by atoms with Gasteiger partial charge in [-0.05, 0) is 18.2 Å². The number of carbonyl (C=O) groups is 1. The zero-order valence-corrected chi connectivity index (χ0v) is 12.8. The molecule has 6 heteroatoms.